The quantitative estimate of drug-likeness (QED) is 0.111. The average molecular weight is 851 g/mol. The zero-order valence-corrected chi connectivity index (χ0v) is 39.5. The van der Waals surface area contributed by atoms with Crippen molar-refractivity contribution in [1.29, 1.82) is 0 Å². The molecule has 12 aromatic rings. The molecule has 12 aromatic carbocycles. The van der Waals surface area contributed by atoms with Crippen LogP contribution in [0.1, 0.15) is 0 Å². The first-order chi connectivity index (χ1) is 30.9. The fourth-order valence-electron chi connectivity index (χ4n) is 10.4. The number of hydrogen-bond acceptors (Lipinski definition) is 0. The van der Waals surface area contributed by atoms with Crippen LogP contribution in [0.25, 0.3) is 120 Å². The molecule has 0 aliphatic rings. The zero-order valence-electron chi connectivity index (χ0n) is 37.5. The fourth-order valence-corrected chi connectivity index (χ4v) is 12.8. The van der Waals surface area contributed by atoms with E-state index in [1.165, 1.54) is 131 Å². The molecule has 0 aromatic heterocycles. The van der Waals surface area contributed by atoms with Gasteiger partial charge in [-0.05, 0) is 181 Å². The predicted molar refractivity (Wildman–Crippen MR) is 287 cm³/mol. The molecule has 0 N–H and O–H groups in total. The van der Waals surface area contributed by atoms with Gasteiger partial charge in [-0.2, -0.15) is 0 Å². The van der Waals surface area contributed by atoms with Gasteiger partial charge in [0.05, 0.1) is 16.1 Å². The Labute approximate surface area is 378 Å². The van der Waals surface area contributed by atoms with Crippen LogP contribution in [0.15, 0.2) is 194 Å². The first-order valence-corrected chi connectivity index (χ1v) is 29.8. The Bertz CT molecular complexity index is 3430. The van der Waals surface area contributed by atoms with Gasteiger partial charge in [-0.3, -0.25) is 0 Å². The van der Waals surface area contributed by atoms with Crippen LogP contribution in [-0.2, 0) is 0 Å². The van der Waals surface area contributed by atoms with Crippen LogP contribution in [0.2, 0.25) is 39.3 Å². The normalized spacial score (nSPS) is 12.5. The van der Waals surface area contributed by atoms with Crippen molar-refractivity contribution in [3.63, 3.8) is 0 Å². The topological polar surface area (TPSA) is 0 Å². The van der Waals surface area contributed by atoms with E-state index in [1.807, 2.05) is 0 Å². The van der Waals surface area contributed by atoms with Crippen molar-refractivity contribution in [3.05, 3.63) is 194 Å². The molecule has 0 unspecified atom stereocenters. The summed E-state index contributed by atoms with van der Waals surface area (Å²) in [7, 11) is -3.11. The zero-order chi connectivity index (χ0) is 43.5. The fraction of sp³-hybridized carbons (Fsp3) is 0.0968. The van der Waals surface area contributed by atoms with E-state index in [2.05, 4.69) is 233 Å². The molecule has 0 aliphatic heterocycles. The Morgan fingerprint density at radius 1 is 0.203 bits per heavy atom. The molecule has 2 heteroatoms. The predicted octanol–water partition coefficient (Wildman–Crippen LogP) is 16.9. The van der Waals surface area contributed by atoms with Gasteiger partial charge < -0.3 is 0 Å². The van der Waals surface area contributed by atoms with Crippen LogP contribution in [0.4, 0.5) is 0 Å². The Morgan fingerprint density at radius 3 is 0.734 bits per heavy atom. The van der Waals surface area contributed by atoms with E-state index in [-0.39, 0.29) is 0 Å². The number of hydrogen-bond donors (Lipinski definition) is 0. The second kappa shape index (κ2) is 14.3. The molecule has 0 aliphatic carbocycles. The lowest BCUT2D eigenvalue weighted by atomic mass is 9.87. The molecule has 12 rings (SSSR count). The second-order valence-corrected chi connectivity index (χ2v) is 30.4. The van der Waals surface area contributed by atoms with Crippen LogP contribution in [0.3, 0.4) is 0 Å². The monoisotopic (exact) mass is 850 g/mol. The van der Waals surface area contributed by atoms with E-state index in [0.29, 0.717) is 0 Å². The summed E-state index contributed by atoms with van der Waals surface area (Å²) < 4.78 is 0. The molecule has 0 bridgehead atoms. The highest BCUT2D eigenvalue weighted by Crippen LogP contribution is 2.43. The van der Waals surface area contributed by atoms with Crippen LogP contribution >= 0.6 is 0 Å². The van der Waals surface area contributed by atoms with E-state index in [9.17, 15) is 0 Å². The SMILES string of the molecule is C[Si](C)(C)c1cccc(-c2cc(-c3cc(-c4cc5ccc6cccc7ccc(c4)c5c67)cc(-c4cc5ccc6cccc7ccc(c4)c5c67)c3)cc(-c3cccc([Si](C)(C)C)c3)c2)c1. The third kappa shape index (κ3) is 6.55. The highest BCUT2D eigenvalue weighted by molar-refractivity contribution is 6.89. The first-order valence-electron chi connectivity index (χ1n) is 22.8. The highest BCUT2D eigenvalue weighted by atomic mass is 28.3. The Kier molecular flexibility index (Phi) is 8.69. The van der Waals surface area contributed by atoms with E-state index in [4.69, 9.17) is 0 Å². The summed E-state index contributed by atoms with van der Waals surface area (Å²) in [5.41, 5.74) is 12.4. The summed E-state index contributed by atoms with van der Waals surface area (Å²) in [5.74, 6) is 0. The third-order valence-electron chi connectivity index (χ3n) is 13.9. The lowest BCUT2D eigenvalue weighted by molar-refractivity contribution is 1.56. The standard InChI is InChI=1S/C62H50Si2/c1-63(2,3)57-17-9-15-43(37-57)49-31-50(44-16-10-18-58(38-44)64(4,5)6)33-53(32-49)56-35-54(51-27-45-23-19-39-11-7-12-40-20-24-46(28-51)61(45)59(39)40)34-55(36-56)52-29-47-25-21-41-13-8-14-42-22-26-48(30-52)62(47)60(41)42/h7-38H,1-6H3. The van der Waals surface area contributed by atoms with Gasteiger partial charge in [0, 0.05) is 0 Å². The largest absolute Gasteiger partial charge is 0.0776 e. The maximum absolute atomic E-state index is 2.46. The summed E-state index contributed by atoms with van der Waals surface area (Å²) in [4.78, 5) is 0. The molecule has 0 radical (unpaired) electrons. The Morgan fingerprint density at radius 2 is 0.438 bits per heavy atom. The molecule has 0 saturated heterocycles. The maximum atomic E-state index is 2.46. The highest BCUT2D eigenvalue weighted by Gasteiger charge is 2.20. The molecule has 0 amide bonds. The summed E-state index contributed by atoms with van der Waals surface area (Å²) in [6, 6.07) is 74.8. The van der Waals surface area contributed by atoms with Crippen LogP contribution in [0.5, 0.6) is 0 Å². The minimum Gasteiger partial charge on any atom is -0.0656 e. The van der Waals surface area contributed by atoms with Gasteiger partial charge in [-0.15, -0.1) is 0 Å². The molecule has 64 heavy (non-hydrogen) atoms. The van der Waals surface area contributed by atoms with Crippen LogP contribution in [-0.4, -0.2) is 16.1 Å². The molecule has 0 nitrogen and oxygen atoms in total. The smallest absolute Gasteiger partial charge is 0.0656 e. The summed E-state index contributed by atoms with van der Waals surface area (Å²) in [6.07, 6.45) is 0. The van der Waals surface area contributed by atoms with Gasteiger partial charge in [0.25, 0.3) is 0 Å². The molecule has 0 saturated carbocycles. The number of benzene rings is 12. The van der Waals surface area contributed by atoms with Crippen molar-refractivity contribution in [2.24, 2.45) is 0 Å². The summed E-state index contributed by atoms with van der Waals surface area (Å²) in [5, 5.41) is 18.7. The van der Waals surface area contributed by atoms with Crippen molar-refractivity contribution in [2.45, 2.75) is 39.3 Å². The maximum Gasteiger partial charge on any atom is 0.0776 e. The van der Waals surface area contributed by atoms with Gasteiger partial charge in [-0.25, -0.2) is 0 Å². The van der Waals surface area contributed by atoms with E-state index in [0.717, 1.165) is 0 Å². The lowest BCUT2D eigenvalue weighted by Crippen LogP contribution is -2.37. The van der Waals surface area contributed by atoms with E-state index in [1.54, 1.807) is 0 Å². The van der Waals surface area contributed by atoms with Crippen molar-refractivity contribution in [1.82, 2.24) is 0 Å². The van der Waals surface area contributed by atoms with Gasteiger partial charge in [0.1, 0.15) is 0 Å². The van der Waals surface area contributed by atoms with Crippen molar-refractivity contribution >= 4 is 91.2 Å². The van der Waals surface area contributed by atoms with Gasteiger partial charge in [-0.1, -0.05) is 183 Å². The molecule has 0 atom stereocenters. The minimum atomic E-state index is -1.55. The summed E-state index contributed by atoms with van der Waals surface area (Å²) >= 11 is 0. The Balaban J connectivity index is 1.12. The Hall–Kier alpha value is -6.85. The average Bonchev–Trinajstić information content (AvgIpc) is 3.31. The molecule has 306 valence electrons. The molecule has 0 heterocycles. The van der Waals surface area contributed by atoms with E-state index >= 15 is 0 Å². The van der Waals surface area contributed by atoms with Crippen molar-refractivity contribution < 1.29 is 0 Å². The second-order valence-electron chi connectivity index (χ2n) is 20.3. The van der Waals surface area contributed by atoms with Crippen molar-refractivity contribution in [2.75, 3.05) is 0 Å². The first kappa shape index (κ1) is 38.8. The summed E-state index contributed by atoms with van der Waals surface area (Å²) in [6.45, 7) is 14.7. The van der Waals surface area contributed by atoms with Crippen LogP contribution < -0.4 is 10.4 Å². The molecular formula is C62H50Si2. The lowest BCUT2D eigenvalue weighted by Gasteiger charge is -2.20. The van der Waals surface area contributed by atoms with Gasteiger partial charge >= 0.3 is 0 Å². The van der Waals surface area contributed by atoms with Crippen LogP contribution in [0, 0.1) is 0 Å². The van der Waals surface area contributed by atoms with Crippen molar-refractivity contribution in [3.8, 4) is 55.6 Å². The molecule has 0 fully saturated rings. The third-order valence-corrected chi connectivity index (χ3v) is 18.0. The number of rotatable bonds is 7. The molecule has 0 spiro atoms. The van der Waals surface area contributed by atoms with E-state index < -0.39 is 16.1 Å². The van der Waals surface area contributed by atoms with Gasteiger partial charge in [0.15, 0.2) is 0 Å². The van der Waals surface area contributed by atoms with Gasteiger partial charge in [0.2, 0.25) is 0 Å². The minimum absolute atomic E-state index is 1.22. The molecular weight excluding hydrogens is 801 g/mol.